The van der Waals surface area contributed by atoms with Crippen molar-refractivity contribution in [3.8, 4) is 0 Å². The molecule has 1 atom stereocenters. The Kier molecular flexibility index (Phi) is 4.08. The Bertz CT molecular complexity index is 346. The summed E-state index contributed by atoms with van der Waals surface area (Å²) in [6.07, 6.45) is 3.92. The molecule has 0 aromatic heterocycles. The molecule has 2 rings (SSSR count). The Morgan fingerprint density at radius 1 is 1.44 bits per heavy atom. The first-order valence-corrected chi connectivity index (χ1v) is 6.37. The number of anilines is 1. The molecule has 0 saturated carbocycles. The average Bonchev–Trinajstić information content (AvgIpc) is 2.32. The highest BCUT2D eigenvalue weighted by molar-refractivity contribution is 6.31. The summed E-state index contributed by atoms with van der Waals surface area (Å²) in [6.45, 7) is 4.16. The van der Waals surface area contributed by atoms with Crippen molar-refractivity contribution in [3.05, 3.63) is 28.8 Å². The number of hydrogen-bond donors (Lipinski definition) is 2. The summed E-state index contributed by atoms with van der Waals surface area (Å²) in [5, 5.41) is 7.79. The molecule has 1 fully saturated rings. The Morgan fingerprint density at radius 2 is 2.31 bits per heavy atom. The van der Waals surface area contributed by atoms with Gasteiger partial charge in [0.1, 0.15) is 0 Å². The van der Waals surface area contributed by atoms with E-state index in [0.717, 1.165) is 29.4 Å². The van der Waals surface area contributed by atoms with Gasteiger partial charge in [0.05, 0.1) is 0 Å². The zero-order valence-corrected chi connectivity index (χ0v) is 10.5. The van der Waals surface area contributed by atoms with Gasteiger partial charge < -0.3 is 10.6 Å². The molecule has 0 bridgehead atoms. The van der Waals surface area contributed by atoms with Gasteiger partial charge in [0.25, 0.3) is 0 Å². The highest BCUT2D eigenvalue weighted by Crippen LogP contribution is 2.20. The molecule has 1 aliphatic heterocycles. The largest absolute Gasteiger partial charge is 0.383 e. The van der Waals surface area contributed by atoms with Crippen LogP contribution in [0.25, 0.3) is 0 Å². The first-order valence-electron chi connectivity index (χ1n) is 5.99. The van der Waals surface area contributed by atoms with E-state index in [9.17, 15) is 0 Å². The van der Waals surface area contributed by atoms with Crippen LogP contribution in [0.3, 0.4) is 0 Å². The maximum atomic E-state index is 6.08. The van der Waals surface area contributed by atoms with Crippen molar-refractivity contribution in [1.29, 1.82) is 0 Å². The molecular weight excluding hydrogens is 220 g/mol. The van der Waals surface area contributed by atoms with E-state index in [0.29, 0.717) is 6.04 Å². The van der Waals surface area contributed by atoms with Crippen LogP contribution in [0.4, 0.5) is 5.69 Å². The SMILES string of the molecule is Cc1ccc(NCC2CCCCN2)cc1Cl. The molecular formula is C13H19ClN2. The van der Waals surface area contributed by atoms with Crippen molar-refractivity contribution in [2.45, 2.75) is 32.2 Å². The third-order valence-electron chi connectivity index (χ3n) is 3.14. The van der Waals surface area contributed by atoms with Gasteiger partial charge in [-0.1, -0.05) is 24.1 Å². The molecule has 3 heteroatoms. The van der Waals surface area contributed by atoms with Gasteiger partial charge in [0.15, 0.2) is 0 Å². The first kappa shape index (κ1) is 11.7. The minimum atomic E-state index is 0.605. The fraction of sp³-hybridized carbons (Fsp3) is 0.538. The molecule has 1 saturated heterocycles. The predicted octanol–water partition coefficient (Wildman–Crippen LogP) is 3.20. The first-order chi connectivity index (χ1) is 7.75. The lowest BCUT2D eigenvalue weighted by Gasteiger charge is -2.24. The molecule has 2 N–H and O–H groups in total. The molecule has 16 heavy (non-hydrogen) atoms. The third kappa shape index (κ3) is 3.13. The molecule has 2 nitrogen and oxygen atoms in total. The van der Waals surface area contributed by atoms with Gasteiger partial charge in [0, 0.05) is 23.3 Å². The van der Waals surface area contributed by atoms with Crippen molar-refractivity contribution in [3.63, 3.8) is 0 Å². The lowest BCUT2D eigenvalue weighted by molar-refractivity contribution is 0.414. The molecule has 88 valence electrons. The van der Waals surface area contributed by atoms with Gasteiger partial charge in [-0.2, -0.15) is 0 Å². The number of benzene rings is 1. The van der Waals surface area contributed by atoms with Crippen LogP contribution in [-0.4, -0.2) is 19.1 Å². The molecule has 0 spiro atoms. The number of piperidine rings is 1. The summed E-state index contributed by atoms with van der Waals surface area (Å²) < 4.78 is 0. The van der Waals surface area contributed by atoms with Gasteiger partial charge in [-0.05, 0) is 44.0 Å². The Hall–Kier alpha value is -0.730. The second kappa shape index (κ2) is 5.55. The topological polar surface area (TPSA) is 24.1 Å². The molecule has 1 aliphatic rings. The normalized spacial score (nSPS) is 20.8. The second-order valence-electron chi connectivity index (χ2n) is 4.49. The summed E-state index contributed by atoms with van der Waals surface area (Å²) in [5.74, 6) is 0. The maximum Gasteiger partial charge on any atom is 0.0455 e. The Balaban J connectivity index is 1.86. The molecule has 1 aromatic carbocycles. The van der Waals surface area contributed by atoms with Gasteiger partial charge >= 0.3 is 0 Å². The fourth-order valence-corrected chi connectivity index (χ4v) is 2.22. The van der Waals surface area contributed by atoms with Gasteiger partial charge in [-0.3, -0.25) is 0 Å². The van der Waals surface area contributed by atoms with E-state index in [1.54, 1.807) is 0 Å². The van der Waals surface area contributed by atoms with Gasteiger partial charge in [0.2, 0.25) is 0 Å². The zero-order chi connectivity index (χ0) is 11.4. The lowest BCUT2D eigenvalue weighted by atomic mass is 10.1. The minimum absolute atomic E-state index is 0.605. The molecule has 0 aliphatic carbocycles. The van der Waals surface area contributed by atoms with E-state index in [4.69, 9.17) is 11.6 Å². The summed E-state index contributed by atoms with van der Waals surface area (Å²) in [6, 6.07) is 6.75. The van der Waals surface area contributed by atoms with Crippen molar-refractivity contribution in [1.82, 2.24) is 5.32 Å². The van der Waals surface area contributed by atoms with E-state index >= 15 is 0 Å². The van der Waals surface area contributed by atoms with Gasteiger partial charge in [-0.25, -0.2) is 0 Å². The number of aryl methyl sites for hydroxylation is 1. The average molecular weight is 239 g/mol. The van der Waals surface area contributed by atoms with E-state index in [2.05, 4.69) is 22.8 Å². The van der Waals surface area contributed by atoms with Crippen LogP contribution in [-0.2, 0) is 0 Å². The van der Waals surface area contributed by atoms with Crippen LogP contribution >= 0.6 is 11.6 Å². The molecule has 1 heterocycles. The van der Waals surface area contributed by atoms with Crippen molar-refractivity contribution in [2.24, 2.45) is 0 Å². The number of rotatable bonds is 3. The van der Waals surface area contributed by atoms with Crippen molar-refractivity contribution < 1.29 is 0 Å². The summed E-state index contributed by atoms with van der Waals surface area (Å²) in [7, 11) is 0. The van der Waals surface area contributed by atoms with Crippen molar-refractivity contribution >= 4 is 17.3 Å². The Morgan fingerprint density at radius 3 is 3.00 bits per heavy atom. The summed E-state index contributed by atoms with van der Waals surface area (Å²) >= 11 is 6.08. The lowest BCUT2D eigenvalue weighted by Crippen LogP contribution is -2.39. The second-order valence-corrected chi connectivity index (χ2v) is 4.90. The zero-order valence-electron chi connectivity index (χ0n) is 9.72. The smallest absolute Gasteiger partial charge is 0.0455 e. The number of hydrogen-bond acceptors (Lipinski definition) is 2. The standard InChI is InChI=1S/C13H19ClN2/c1-10-5-6-11(8-13(10)14)16-9-12-4-2-3-7-15-12/h5-6,8,12,15-16H,2-4,7,9H2,1H3. The molecule has 1 unspecified atom stereocenters. The number of nitrogens with one attached hydrogen (secondary N) is 2. The van der Waals surface area contributed by atoms with Crippen LogP contribution in [0.15, 0.2) is 18.2 Å². The van der Waals surface area contributed by atoms with Gasteiger partial charge in [-0.15, -0.1) is 0 Å². The maximum absolute atomic E-state index is 6.08. The quantitative estimate of drug-likeness (QED) is 0.845. The molecule has 0 amide bonds. The number of halogens is 1. The van der Waals surface area contributed by atoms with E-state index in [1.165, 1.54) is 19.3 Å². The van der Waals surface area contributed by atoms with Crippen LogP contribution in [0, 0.1) is 6.92 Å². The highest BCUT2D eigenvalue weighted by atomic mass is 35.5. The third-order valence-corrected chi connectivity index (χ3v) is 3.54. The van der Waals surface area contributed by atoms with E-state index in [-0.39, 0.29) is 0 Å². The van der Waals surface area contributed by atoms with Crippen molar-refractivity contribution in [2.75, 3.05) is 18.4 Å². The highest BCUT2D eigenvalue weighted by Gasteiger charge is 2.11. The minimum Gasteiger partial charge on any atom is -0.383 e. The summed E-state index contributed by atoms with van der Waals surface area (Å²) in [4.78, 5) is 0. The van der Waals surface area contributed by atoms with Crippen LogP contribution in [0.5, 0.6) is 0 Å². The van der Waals surface area contributed by atoms with E-state index < -0.39 is 0 Å². The van der Waals surface area contributed by atoms with Crippen LogP contribution in [0.1, 0.15) is 24.8 Å². The molecule has 0 radical (unpaired) electrons. The fourth-order valence-electron chi connectivity index (χ4n) is 2.04. The van der Waals surface area contributed by atoms with E-state index in [1.807, 2.05) is 13.0 Å². The van der Waals surface area contributed by atoms with Crippen LogP contribution < -0.4 is 10.6 Å². The molecule has 1 aromatic rings. The predicted molar refractivity (Wildman–Crippen MR) is 70.3 cm³/mol. The monoisotopic (exact) mass is 238 g/mol. The summed E-state index contributed by atoms with van der Waals surface area (Å²) in [5.41, 5.74) is 2.24. The van der Waals surface area contributed by atoms with Crippen LogP contribution in [0.2, 0.25) is 5.02 Å². The Labute approximate surface area is 102 Å².